The van der Waals surface area contributed by atoms with Crippen LogP contribution in [0, 0.1) is 0 Å². The fourth-order valence-corrected chi connectivity index (χ4v) is 3.75. The first-order valence-corrected chi connectivity index (χ1v) is 9.71. The molecule has 1 aliphatic rings. The molecule has 2 atom stereocenters. The van der Waals surface area contributed by atoms with Crippen molar-refractivity contribution in [2.45, 2.75) is 50.0 Å². The minimum absolute atomic E-state index is 0.203. The fraction of sp³-hybridized carbons (Fsp3) is 0.529. The van der Waals surface area contributed by atoms with Gasteiger partial charge in [0.05, 0.1) is 18.7 Å². The molecule has 0 spiro atoms. The van der Waals surface area contributed by atoms with E-state index in [9.17, 15) is 0 Å². The van der Waals surface area contributed by atoms with Crippen LogP contribution in [0.15, 0.2) is 29.4 Å². The van der Waals surface area contributed by atoms with Gasteiger partial charge in [0.1, 0.15) is 0 Å². The molecule has 2 N–H and O–H groups in total. The second-order valence-electron chi connectivity index (χ2n) is 5.96. The molecule has 0 bridgehead atoms. The van der Waals surface area contributed by atoms with Crippen LogP contribution >= 0.6 is 23.4 Å². The highest BCUT2D eigenvalue weighted by Gasteiger charge is 2.23. The summed E-state index contributed by atoms with van der Waals surface area (Å²) in [6, 6.07) is 7.58. The monoisotopic (exact) mass is 366 g/mol. The first-order chi connectivity index (χ1) is 11.7. The molecule has 0 aliphatic carbocycles. The van der Waals surface area contributed by atoms with E-state index in [4.69, 9.17) is 22.1 Å². The molecule has 1 aliphatic heterocycles. The van der Waals surface area contributed by atoms with Gasteiger partial charge in [-0.15, -0.1) is 10.2 Å². The molecule has 1 fully saturated rings. The average molecular weight is 367 g/mol. The Bertz CT molecular complexity index is 655. The minimum atomic E-state index is -0.203. The smallest absolute Gasteiger partial charge is 0.191 e. The first-order valence-electron chi connectivity index (χ1n) is 8.35. The quantitative estimate of drug-likeness (QED) is 0.760. The summed E-state index contributed by atoms with van der Waals surface area (Å²) in [6.45, 7) is 3.73. The third-order valence-electron chi connectivity index (χ3n) is 4.13. The maximum absolute atomic E-state index is 6.44. The first kappa shape index (κ1) is 17.7. The van der Waals surface area contributed by atoms with Crippen molar-refractivity contribution in [2.75, 3.05) is 12.4 Å². The second kappa shape index (κ2) is 8.34. The van der Waals surface area contributed by atoms with Crippen LogP contribution < -0.4 is 5.73 Å². The number of aromatic nitrogens is 3. The van der Waals surface area contributed by atoms with Crippen LogP contribution in [0.1, 0.15) is 37.2 Å². The van der Waals surface area contributed by atoms with Crippen molar-refractivity contribution in [3.8, 4) is 0 Å². The van der Waals surface area contributed by atoms with Gasteiger partial charge in [-0.05, 0) is 42.7 Å². The number of thioether (sulfide) groups is 1. The number of rotatable bonds is 7. The van der Waals surface area contributed by atoms with Crippen molar-refractivity contribution in [1.29, 1.82) is 0 Å². The van der Waals surface area contributed by atoms with Crippen molar-refractivity contribution in [2.24, 2.45) is 5.73 Å². The lowest BCUT2D eigenvalue weighted by molar-refractivity contribution is 0.0938. The number of benzene rings is 1. The maximum atomic E-state index is 6.44. The normalized spacial score (nSPS) is 18.9. The van der Waals surface area contributed by atoms with Gasteiger partial charge >= 0.3 is 0 Å². The van der Waals surface area contributed by atoms with Crippen molar-refractivity contribution in [1.82, 2.24) is 14.8 Å². The van der Waals surface area contributed by atoms with Crippen molar-refractivity contribution < 1.29 is 4.74 Å². The molecule has 24 heavy (non-hydrogen) atoms. The van der Waals surface area contributed by atoms with Crippen molar-refractivity contribution >= 4 is 23.4 Å². The van der Waals surface area contributed by atoms with E-state index in [0.29, 0.717) is 6.42 Å². The Morgan fingerprint density at radius 2 is 2.17 bits per heavy atom. The molecule has 1 aromatic carbocycles. The van der Waals surface area contributed by atoms with E-state index < -0.39 is 0 Å². The van der Waals surface area contributed by atoms with E-state index in [1.54, 1.807) is 11.8 Å². The third-order valence-corrected chi connectivity index (χ3v) is 5.23. The van der Waals surface area contributed by atoms with Crippen LogP contribution in [0.3, 0.4) is 0 Å². The predicted molar refractivity (Wildman–Crippen MR) is 97.5 cm³/mol. The van der Waals surface area contributed by atoms with Gasteiger partial charge in [0.25, 0.3) is 0 Å². The van der Waals surface area contributed by atoms with Gasteiger partial charge < -0.3 is 15.0 Å². The molecule has 1 saturated heterocycles. The molecule has 3 rings (SSSR count). The summed E-state index contributed by atoms with van der Waals surface area (Å²) in [5, 5.41) is 10.4. The average Bonchev–Trinajstić information content (AvgIpc) is 3.21. The Balaban J connectivity index is 1.78. The highest BCUT2D eigenvalue weighted by molar-refractivity contribution is 7.99. The molecule has 0 saturated carbocycles. The van der Waals surface area contributed by atoms with E-state index >= 15 is 0 Å². The van der Waals surface area contributed by atoms with Crippen LogP contribution in [0.25, 0.3) is 0 Å². The van der Waals surface area contributed by atoms with Gasteiger partial charge in [-0.2, -0.15) is 0 Å². The molecular weight excluding hydrogens is 344 g/mol. The van der Waals surface area contributed by atoms with Gasteiger partial charge in [0.2, 0.25) is 0 Å². The number of ether oxygens (including phenoxy) is 1. The fourth-order valence-electron chi connectivity index (χ4n) is 2.94. The maximum Gasteiger partial charge on any atom is 0.191 e. The Morgan fingerprint density at radius 3 is 2.83 bits per heavy atom. The molecule has 2 heterocycles. The Hall–Kier alpha value is -1.08. The summed E-state index contributed by atoms with van der Waals surface area (Å²) in [4.78, 5) is 0. The number of nitrogens with zero attached hydrogens (tertiary/aromatic N) is 3. The van der Waals surface area contributed by atoms with Crippen LogP contribution in [-0.4, -0.2) is 33.2 Å². The molecule has 0 radical (unpaired) electrons. The summed E-state index contributed by atoms with van der Waals surface area (Å²) in [5.74, 6) is 1.78. The Labute approximate surface area is 151 Å². The highest BCUT2D eigenvalue weighted by Crippen LogP contribution is 2.24. The van der Waals surface area contributed by atoms with Crippen molar-refractivity contribution in [3.63, 3.8) is 0 Å². The molecule has 130 valence electrons. The lowest BCUT2D eigenvalue weighted by Crippen LogP contribution is -2.23. The summed E-state index contributed by atoms with van der Waals surface area (Å²) < 4.78 is 7.93. The van der Waals surface area contributed by atoms with Gasteiger partial charge in [-0.3, -0.25) is 0 Å². The molecule has 2 aromatic rings. The molecular formula is C17H23ClN4OS. The number of hydrogen-bond donors (Lipinski definition) is 1. The van der Waals surface area contributed by atoms with Crippen LogP contribution in [0.4, 0.5) is 0 Å². The molecule has 5 nitrogen and oxygen atoms in total. The molecule has 2 unspecified atom stereocenters. The second-order valence-corrected chi connectivity index (χ2v) is 7.62. The summed E-state index contributed by atoms with van der Waals surface area (Å²) in [7, 11) is 0. The number of hydrogen-bond acceptors (Lipinski definition) is 5. The molecule has 0 amide bonds. The number of halogens is 1. The SMILES string of the molecule is CCSc1nnc(C(N)Cc2ccc(Cl)cc2)n1CC1CCCO1. The minimum Gasteiger partial charge on any atom is -0.376 e. The van der Waals surface area contributed by atoms with Gasteiger partial charge in [-0.1, -0.05) is 42.4 Å². The zero-order chi connectivity index (χ0) is 16.9. The summed E-state index contributed by atoms with van der Waals surface area (Å²) in [5.41, 5.74) is 7.59. The summed E-state index contributed by atoms with van der Waals surface area (Å²) >= 11 is 7.64. The third kappa shape index (κ3) is 4.30. The zero-order valence-electron chi connectivity index (χ0n) is 13.8. The lowest BCUT2D eigenvalue weighted by Gasteiger charge is -2.17. The van der Waals surface area contributed by atoms with E-state index in [2.05, 4.69) is 21.7 Å². The van der Waals surface area contributed by atoms with Gasteiger partial charge in [0, 0.05) is 11.6 Å². The van der Waals surface area contributed by atoms with E-state index in [1.807, 2.05) is 24.3 Å². The highest BCUT2D eigenvalue weighted by atomic mass is 35.5. The predicted octanol–water partition coefficient (Wildman–Crippen LogP) is 3.47. The van der Waals surface area contributed by atoms with Crippen LogP contribution in [0.2, 0.25) is 5.02 Å². The Morgan fingerprint density at radius 1 is 1.38 bits per heavy atom. The Kier molecular flexibility index (Phi) is 6.16. The van der Waals surface area contributed by atoms with Crippen LogP contribution in [-0.2, 0) is 17.7 Å². The zero-order valence-corrected chi connectivity index (χ0v) is 15.4. The van der Waals surface area contributed by atoms with Crippen LogP contribution in [0.5, 0.6) is 0 Å². The topological polar surface area (TPSA) is 66.0 Å². The standard InChI is InChI=1S/C17H23ClN4OS/c1-2-24-17-21-20-16(22(17)11-14-4-3-9-23-14)15(19)10-12-5-7-13(18)8-6-12/h5-8,14-15H,2-4,9-11,19H2,1H3. The summed E-state index contributed by atoms with van der Waals surface area (Å²) in [6.07, 6.45) is 3.14. The van der Waals surface area contributed by atoms with Gasteiger partial charge in [-0.25, -0.2) is 0 Å². The molecule has 7 heteroatoms. The van der Waals surface area contributed by atoms with E-state index in [0.717, 1.165) is 53.3 Å². The van der Waals surface area contributed by atoms with E-state index in [1.165, 1.54) is 0 Å². The largest absolute Gasteiger partial charge is 0.376 e. The number of nitrogens with two attached hydrogens (primary N) is 1. The lowest BCUT2D eigenvalue weighted by atomic mass is 10.1. The van der Waals surface area contributed by atoms with E-state index in [-0.39, 0.29) is 12.1 Å². The van der Waals surface area contributed by atoms with Gasteiger partial charge in [0.15, 0.2) is 11.0 Å². The van der Waals surface area contributed by atoms with Crippen molar-refractivity contribution in [3.05, 3.63) is 40.7 Å². The molecule has 1 aromatic heterocycles.